The summed E-state index contributed by atoms with van der Waals surface area (Å²) in [6, 6.07) is 9.57. The molecule has 1 fully saturated rings. The summed E-state index contributed by atoms with van der Waals surface area (Å²) in [7, 11) is 0. The van der Waals surface area contributed by atoms with E-state index in [1.807, 2.05) is 30.3 Å². The van der Waals surface area contributed by atoms with E-state index in [9.17, 15) is 14.7 Å². The van der Waals surface area contributed by atoms with Gasteiger partial charge in [-0.2, -0.15) is 0 Å². The Labute approximate surface area is 145 Å². The highest BCUT2D eigenvalue weighted by Crippen LogP contribution is 2.34. The predicted molar refractivity (Wildman–Crippen MR) is 92.3 cm³/mol. The maximum atomic E-state index is 12.7. The molecule has 2 heterocycles. The number of aromatic nitrogens is 1. The quantitative estimate of drug-likeness (QED) is 0.905. The minimum Gasteiger partial charge on any atom is -0.481 e. The predicted octanol–water partition coefficient (Wildman–Crippen LogP) is 3.04. The van der Waals surface area contributed by atoms with E-state index in [-0.39, 0.29) is 18.4 Å². The molecule has 1 aromatic carbocycles. The fourth-order valence-corrected chi connectivity index (χ4v) is 4.14. The highest BCUT2D eigenvalue weighted by Gasteiger charge is 2.40. The molecular formula is C18H20N2O3S. The second kappa shape index (κ2) is 7.13. The van der Waals surface area contributed by atoms with Crippen LogP contribution in [0.3, 0.4) is 0 Å². The van der Waals surface area contributed by atoms with Crippen LogP contribution in [0, 0.1) is 5.92 Å². The van der Waals surface area contributed by atoms with Gasteiger partial charge >= 0.3 is 5.97 Å². The van der Waals surface area contributed by atoms with Gasteiger partial charge in [0.05, 0.1) is 17.1 Å². The third kappa shape index (κ3) is 3.33. The van der Waals surface area contributed by atoms with Gasteiger partial charge in [0.25, 0.3) is 5.91 Å². The fourth-order valence-electron chi connectivity index (χ4n) is 3.15. The van der Waals surface area contributed by atoms with Crippen molar-refractivity contribution in [2.75, 3.05) is 13.1 Å². The topological polar surface area (TPSA) is 70.5 Å². The van der Waals surface area contributed by atoms with Crippen LogP contribution in [-0.4, -0.2) is 40.0 Å². The highest BCUT2D eigenvalue weighted by atomic mass is 32.1. The number of amides is 1. The molecule has 1 aliphatic rings. The molecule has 24 heavy (non-hydrogen) atoms. The van der Waals surface area contributed by atoms with Gasteiger partial charge < -0.3 is 10.0 Å². The Balaban J connectivity index is 1.79. The molecule has 6 heteroatoms. The molecule has 1 N–H and O–H groups in total. The van der Waals surface area contributed by atoms with Gasteiger partial charge in [-0.25, -0.2) is 4.98 Å². The maximum Gasteiger partial charge on any atom is 0.308 e. The number of aliphatic carboxylic acids is 1. The van der Waals surface area contributed by atoms with Crippen LogP contribution >= 0.6 is 11.3 Å². The second-order valence-electron chi connectivity index (χ2n) is 6.04. The van der Waals surface area contributed by atoms with Crippen LogP contribution in [0.4, 0.5) is 0 Å². The first-order valence-electron chi connectivity index (χ1n) is 8.12. The molecule has 126 valence electrons. The van der Waals surface area contributed by atoms with Gasteiger partial charge in [0.15, 0.2) is 0 Å². The molecule has 0 saturated carbocycles. The van der Waals surface area contributed by atoms with Crippen LogP contribution in [0.25, 0.3) is 0 Å². The van der Waals surface area contributed by atoms with E-state index in [0.717, 1.165) is 23.4 Å². The average Bonchev–Trinajstić information content (AvgIpc) is 3.22. The molecule has 0 bridgehead atoms. The summed E-state index contributed by atoms with van der Waals surface area (Å²) in [6.45, 7) is 2.75. The van der Waals surface area contributed by atoms with Crippen LogP contribution in [-0.2, 0) is 11.2 Å². The first kappa shape index (κ1) is 16.6. The molecule has 1 aliphatic heterocycles. The average molecular weight is 344 g/mol. The Hall–Kier alpha value is -2.21. The second-order valence-corrected chi connectivity index (χ2v) is 7.16. The molecule has 2 atom stereocenters. The Kier molecular flexibility index (Phi) is 4.94. The summed E-state index contributed by atoms with van der Waals surface area (Å²) in [5.41, 5.74) is 0.969. The molecule has 2 aromatic rings. The number of rotatable bonds is 5. The van der Waals surface area contributed by atoms with E-state index in [1.54, 1.807) is 11.1 Å². The van der Waals surface area contributed by atoms with Gasteiger partial charge in [0.2, 0.25) is 0 Å². The minimum absolute atomic E-state index is 0.112. The summed E-state index contributed by atoms with van der Waals surface area (Å²) >= 11 is 1.41. The summed E-state index contributed by atoms with van der Waals surface area (Å²) in [5, 5.41) is 10.5. The molecule has 1 saturated heterocycles. The summed E-state index contributed by atoms with van der Waals surface area (Å²) < 4.78 is 0. The van der Waals surface area contributed by atoms with Crippen LogP contribution in [0.15, 0.2) is 36.5 Å². The van der Waals surface area contributed by atoms with Crippen molar-refractivity contribution in [1.82, 2.24) is 9.88 Å². The van der Waals surface area contributed by atoms with E-state index in [4.69, 9.17) is 0 Å². The number of aryl methyl sites for hydroxylation is 1. The standard InChI is InChI=1S/C18H20N2O3S/c1-2-6-16-19-9-15(24-16)17(21)20-10-13(14(11-20)18(22)23)12-7-4-3-5-8-12/h3-5,7-9,13-14H,2,6,10-11H2,1H3,(H,22,23). The van der Waals surface area contributed by atoms with Gasteiger partial charge in [0, 0.05) is 19.0 Å². The lowest BCUT2D eigenvalue weighted by atomic mass is 9.89. The molecule has 1 amide bonds. The van der Waals surface area contributed by atoms with Gasteiger partial charge in [-0.05, 0) is 18.4 Å². The number of carboxylic acid groups (broad SMARTS) is 1. The zero-order valence-corrected chi connectivity index (χ0v) is 14.3. The lowest BCUT2D eigenvalue weighted by Gasteiger charge is -2.15. The molecule has 0 spiro atoms. The minimum atomic E-state index is -0.852. The van der Waals surface area contributed by atoms with Crippen LogP contribution in [0.2, 0.25) is 0 Å². The number of carbonyl (C=O) groups is 2. The fraction of sp³-hybridized carbons (Fsp3) is 0.389. The number of benzene rings is 1. The molecule has 5 nitrogen and oxygen atoms in total. The van der Waals surface area contributed by atoms with E-state index >= 15 is 0 Å². The number of thiazole rings is 1. The zero-order chi connectivity index (χ0) is 17.1. The Bertz CT molecular complexity index is 729. The number of carbonyl (C=O) groups excluding carboxylic acids is 1. The van der Waals surface area contributed by atoms with Crippen molar-refractivity contribution >= 4 is 23.2 Å². The Morgan fingerprint density at radius 2 is 2.04 bits per heavy atom. The van der Waals surface area contributed by atoms with E-state index < -0.39 is 11.9 Å². The van der Waals surface area contributed by atoms with Crippen molar-refractivity contribution in [2.45, 2.75) is 25.7 Å². The van der Waals surface area contributed by atoms with Crippen molar-refractivity contribution in [3.63, 3.8) is 0 Å². The largest absolute Gasteiger partial charge is 0.481 e. The number of hydrogen-bond donors (Lipinski definition) is 1. The summed E-state index contributed by atoms with van der Waals surface area (Å²) in [5.74, 6) is -1.70. The third-order valence-electron chi connectivity index (χ3n) is 4.38. The smallest absolute Gasteiger partial charge is 0.308 e. The van der Waals surface area contributed by atoms with Gasteiger partial charge in [-0.1, -0.05) is 37.3 Å². The zero-order valence-electron chi connectivity index (χ0n) is 13.5. The first-order chi connectivity index (χ1) is 11.6. The summed E-state index contributed by atoms with van der Waals surface area (Å²) in [4.78, 5) is 30.9. The third-order valence-corrected chi connectivity index (χ3v) is 5.43. The summed E-state index contributed by atoms with van der Waals surface area (Å²) in [6.07, 6.45) is 3.47. The van der Waals surface area contributed by atoms with E-state index in [1.165, 1.54) is 11.3 Å². The van der Waals surface area contributed by atoms with E-state index in [0.29, 0.717) is 11.4 Å². The SMILES string of the molecule is CCCc1ncc(C(=O)N2CC(C(=O)O)C(c3ccccc3)C2)s1. The number of hydrogen-bond acceptors (Lipinski definition) is 4. The van der Waals surface area contributed by atoms with Crippen molar-refractivity contribution in [1.29, 1.82) is 0 Å². The van der Waals surface area contributed by atoms with Crippen molar-refractivity contribution < 1.29 is 14.7 Å². The van der Waals surface area contributed by atoms with Crippen molar-refractivity contribution in [3.05, 3.63) is 52.0 Å². The van der Waals surface area contributed by atoms with Crippen LogP contribution in [0.5, 0.6) is 0 Å². The molecule has 1 aromatic heterocycles. The number of carboxylic acids is 1. The van der Waals surface area contributed by atoms with Crippen molar-refractivity contribution in [3.8, 4) is 0 Å². The lowest BCUT2D eigenvalue weighted by molar-refractivity contribution is -0.141. The van der Waals surface area contributed by atoms with Gasteiger partial charge in [-0.15, -0.1) is 11.3 Å². The van der Waals surface area contributed by atoms with Gasteiger partial charge in [0.1, 0.15) is 4.88 Å². The molecule has 0 radical (unpaired) electrons. The molecule has 3 rings (SSSR count). The van der Waals surface area contributed by atoms with Crippen LogP contribution < -0.4 is 0 Å². The van der Waals surface area contributed by atoms with E-state index in [2.05, 4.69) is 11.9 Å². The van der Waals surface area contributed by atoms with Gasteiger partial charge in [-0.3, -0.25) is 9.59 Å². The first-order valence-corrected chi connectivity index (χ1v) is 8.93. The monoisotopic (exact) mass is 344 g/mol. The van der Waals surface area contributed by atoms with Crippen LogP contribution in [0.1, 0.15) is 39.5 Å². The number of likely N-dealkylation sites (tertiary alicyclic amines) is 1. The van der Waals surface area contributed by atoms with Crippen molar-refractivity contribution in [2.24, 2.45) is 5.92 Å². The Morgan fingerprint density at radius 1 is 1.29 bits per heavy atom. The normalized spacial score (nSPS) is 20.3. The lowest BCUT2D eigenvalue weighted by Crippen LogP contribution is -2.29. The molecule has 2 unspecified atom stereocenters. The number of nitrogens with zero attached hydrogens (tertiary/aromatic N) is 2. The highest BCUT2D eigenvalue weighted by molar-refractivity contribution is 7.13. The Morgan fingerprint density at radius 3 is 2.71 bits per heavy atom. The molecule has 0 aliphatic carbocycles. The maximum absolute atomic E-state index is 12.7. The molecular weight excluding hydrogens is 324 g/mol.